The summed E-state index contributed by atoms with van der Waals surface area (Å²) in [5, 5.41) is 0. The summed E-state index contributed by atoms with van der Waals surface area (Å²) in [7, 11) is 0. The maximum atomic E-state index is 11.6. The van der Waals surface area contributed by atoms with Gasteiger partial charge in [0, 0.05) is 11.6 Å². The van der Waals surface area contributed by atoms with Gasteiger partial charge in [0.1, 0.15) is 11.9 Å². The van der Waals surface area contributed by atoms with Crippen LogP contribution in [-0.4, -0.2) is 23.8 Å². The third-order valence-corrected chi connectivity index (χ3v) is 2.81. The van der Waals surface area contributed by atoms with E-state index in [1.165, 1.54) is 0 Å². The average molecular weight is 167 g/mol. The van der Waals surface area contributed by atoms with Crippen LogP contribution in [0.25, 0.3) is 0 Å². The number of rotatable bonds is 0. The number of aliphatic imine (C=N–C) groups is 1. The van der Waals surface area contributed by atoms with Crippen molar-refractivity contribution < 1.29 is 9.53 Å². The van der Waals surface area contributed by atoms with Crippen LogP contribution in [0.4, 0.5) is 0 Å². The Morgan fingerprint density at radius 3 is 2.67 bits per heavy atom. The van der Waals surface area contributed by atoms with Gasteiger partial charge in [-0.1, -0.05) is 13.8 Å². The van der Waals surface area contributed by atoms with Crippen LogP contribution >= 0.6 is 0 Å². The van der Waals surface area contributed by atoms with Gasteiger partial charge in [0.05, 0.1) is 5.92 Å². The van der Waals surface area contributed by atoms with Crippen LogP contribution in [0, 0.1) is 11.8 Å². The fourth-order valence-corrected chi connectivity index (χ4v) is 1.97. The normalized spacial score (nSPS) is 46.2. The van der Waals surface area contributed by atoms with E-state index in [0.29, 0.717) is 0 Å². The Balaban J connectivity index is 2.34. The molecule has 3 heteroatoms. The fourth-order valence-electron chi connectivity index (χ4n) is 1.97. The van der Waals surface area contributed by atoms with Gasteiger partial charge in [0.25, 0.3) is 0 Å². The van der Waals surface area contributed by atoms with Crippen LogP contribution in [0.1, 0.15) is 20.8 Å². The minimum Gasteiger partial charge on any atom is -0.346 e. The van der Waals surface area contributed by atoms with Gasteiger partial charge >= 0.3 is 0 Å². The van der Waals surface area contributed by atoms with Crippen LogP contribution in [0.2, 0.25) is 0 Å². The largest absolute Gasteiger partial charge is 0.346 e. The standard InChI is InChI=1S/C9H13NO2/c1-4-7(11)5(2)9-10-6(3)8(4)12-9/h4-5,8-9H,1-3H3. The Hall–Kier alpha value is -0.700. The van der Waals surface area contributed by atoms with Crippen molar-refractivity contribution in [2.45, 2.75) is 33.1 Å². The first-order valence-corrected chi connectivity index (χ1v) is 4.34. The number of fused-ring (bicyclic) bond motifs is 2. The van der Waals surface area contributed by atoms with Crippen molar-refractivity contribution in [3.8, 4) is 0 Å². The van der Waals surface area contributed by atoms with E-state index in [4.69, 9.17) is 4.74 Å². The van der Waals surface area contributed by atoms with Gasteiger partial charge < -0.3 is 4.74 Å². The Morgan fingerprint density at radius 2 is 2.00 bits per heavy atom. The Labute approximate surface area is 71.8 Å². The highest BCUT2D eigenvalue weighted by Gasteiger charge is 2.45. The Kier molecular flexibility index (Phi) is 1.58. The Morgan fingerprint density at radius 1 is 1.33 bits per heavy atom. The van der Waals surface area contributed by atoms with Gasteiger partial charge in [-0.05, 0) is 6.92 Å². The second-order valence-corrected chi connectivity index (χ2v) is 3.70. The summed E-state index contributed by atoms with van der Waals surface area (Å²) in [6, 6.07) is 0. The minimum atomic E-state index is -0.196. The molecule has 0 aromatic heterocycles. The summed E-state index contributed by atoms with van der Waals surface area (Å²) in [5.74, 6) is 0.216. The van der Waals surface area contributed by atoms with Gasteiger partial charge in [-0.2, -0.15) is 0 Å². The molecular formula is C9H13NO2. The molecule has 0 aromatic rings. The molecule has 12 heavy (non-hydrogen) atoms. The highest BCUT2D eigenvalue weighted by Crippen LogP contribution is 2.32. The number of hydrogen-bond acceptors (Lipinski definition) is 3. The van der Waals surface area contributed by atoms with Crippen LogP contribution < -0.4 is 0 Å². The molecule has 1 saturated heterocycles. The van der Waals surface area contributed by atoms with Crippen LogP contribution in [0.3, 0.4) is 0 Å². The predicted molar refractivity (Wildman–Crippen MR) is 45.1 cm³/mol. The van der Waals surface area contributed by atoms with Gasteiger partial charge in [0.2, 0.25) is 0 Å². The second kappa shape index (κ2) is 2.39. The molecule has 0 aliphatic carbocycles. The Bertz CT molecular complexity index is 259. The lowest BCUT2D eigenvalue weighted by atomic mass is 9.87. The summed E-state index contributed by atoms with van der Waals surface area (Å²) >= 11 is 0. The van der Waals surface area contributed by atoms with E-state index in [9.17, 15) is 4.79 Å². The highest BCUT2D eigenvalue weighted by molar-refractivity contribution is 5.97. The molecule has 0 amide bonds. The molecule has 0 aromatic carbocycles. The third-order valence-electron chi connectivity index (χ3n) is 2.81. The van der Waals surface area contributed by atoms with Crippen molar-refractivity contribution >= 4 is 11.5 Å². The molecular weight excluding hydrogens is 154 g/mol. The molecule has 2 rings (SSSR count). The number of ketones is 1. The molecule has 0 N–H and O–H groups in total. The molecule has 0 radical (unpaired) electrons. The van der Waals surface area contributed by atoms with Gasteiger partial charge in [0.15, 0.2) is 6.23 Å². The van der Waals surface area contributed by atoms with Crippen molar-refractivity contribution in [1.82, 2.24) is 0 Å². The summed E-state index contributed by atoms with van der Waals surface area (Å²) in [6.45, 7) is 5.75. The zero-order valence-corrected chi connectivity index (χ0v) is 7.57. The SMILES string of the molecule is CC1=NC2OC1C(C)C(=O)C2C. The molecule has 0 saturated carbocycles. The molecule has 2 heterocycles. The van der Waals surface area contributed by atoms with E-state index in [1.54, 1.807) is 0 Å². The fraction of sp³-hybridized carbons (Fsp3) is 0.778. The molecule has 4 atom stereocenters. The molecule has 2 aliphatic rings. The number of hydrogen-bond donors (Lipinski definition) is 0. The third kappa shape index (κ3) is 0.860. The van der Waals surface area contributed by atoms with Gasteiger partial charge in [-0.3, -0.25) is 9.79 Å². The zero-order chi connectivity index (χ0) is 8.88. The van der Waals surface area contributed by atoms with Crippen LogP contribution in [0.15, 0.2) is 4.99 Å². The lowest BCUT2D eigenvalue weighted by Gasteiger charge is -2.29. The molecule has 0 spiro atoms. The quantitative estimate of drug-likeness (QED) is 0.540. The van der Waals surface area contributed by atoms with E-state index in [-0.39, 0.29) is 30.0 Å². The predicted octanol–water partition coefficient (Wildman–Crippen LogP) is 1.03. The van der Waals surface area contributed by atoms with E-state index in [0.717, 1.165) is 5.71 Å². The molecule has 2 aliphatic heterocycles. The van der Waals surface area contributed by atoms with Crippen LogP contribution in [0.5, 0.6) is 0 Å². The second-order valence-electron chi connectivity index (χ2n) is 3.70. The topological polar surface area (TPSA) is 38.7 Å². The smallest absolute Gasteiger partial charge is 0.158 e. The van der Waals surface area contributed by atoms with E-state index < -0.39 is 0 Å². The lowest BCUT2D eigenvalue weighted by molar-refractivity contribution is -0.143. The van der Waals surface area contributed by atoms with E-state index in [1.807, 2.05) is 20.8 Å². The van der Waals surface area contributed by atoms with E-state index >= 15 is 0 Å². The summed E-state index contributed by atoms with van der Waals surface area (Å²) in [6.07, 6.45) is -0.239. The average Bonchev–Trinajstić information content (AvgIpc) is 2.39. The highest BCUT2D eigenvalue weighted by atomic mass is 16.5. The monoisotopic (exact) mass is 167 g/mol. The maximum Gasteiger partial charge on any atom is 0.158 e. The summed E-state index contributed by atoms with van der Waals surface area (Å²) < 4.78 is 5.58. The maximum absolute atomic E-state index is 11.6. The summed E-state index contributed by atoms with van der Waals surface area (Å²) in [5.41, 5.74) is 0.977. The lowest BCUT2D eigenvalue weighted by Crippen LogP contribution is -2.42. The van der Waals surface area contributed by atoms with Crippen molar-refractivity contribution in [3.05, 3.63) is 0 Å². The first-order chi connectivity index (χ1) is 5.61. The molecule has 2 bridgehead atoms. The van der Waals surface area contributed by atoms with Crippen molar-refractivity contribution in [2.75, 3.05) is 0 Å². The van der Waals surface area contributed by atoms with Gasteiger partial charge in [-0.15, -0.1) is 0 Å². The first kappa shape index (κ1) is 7.92. The first-order valence-electron chi connectivity index (χ1n) is 4.34. The number of carbonyl (C=O) groups excluding carboxylic acids is 1. The molecule has 4 unspecified atom stereocenters. The van der Waals surface area contributed by atoms with Crippen LogP contribution in [-0.2, 0) is 9.53 Å². The van der Waals surface area contributed by atoms with Gasteiger partial charge in [-0.25, -0.2) is 0 Å². The number of Topliss-reactive ketones (excluding diaryl/α,β-unsaturated/α-hetero) is 1. The zero-order valence-electron chi connectivity index (χ0n) is 7.57. The summed E-state index contributed by atoms with van der Waals surface area (Å²) in [4.78, 5) is 15.9. The van der Waals surface area contributed by atoms with Crippen molar-refractivity contribution in [2.24, 2.45) is 16.8 Å². The van der Waals surface area contributed by atoms with Crippen molar-refractivity contribution in [1.29, 1.82) is 0 Å². The minimum absolute atomic E-state index is 0.0116. The molecule has 66 valence electrons. The number of ether oxygens (including phenoxy) is 1. The number of carbonyl (C=O) groups is 1. The van der Waals surface area contributed by atoms with Crippen molar-refractivity contribution in [3.63, 3.8) is 0 Å². The number of nitrogens with zero attached hydrogens (tertiary/aromatic N) is 1. The molecule has 1 fully saturated rings. The van der Waals surface area contributed by atoms with E-state index in [2.05, 4.69) is 4.99 Å². The molecule has 3 nitrogen and oxygen atoms in total.